The van der Waals surface area contributed by atoms with Crippen molar-refractivity contribution in [2.45, 2.75) is 50.5 Å². The fourth-order valence-corrected chi connectivity index (χ4v) is 3.22. The SMILES string of the molecule is C[C@@]1(C(N)=O)CC[C@H](C2=CCC(OCc3ccccc3F)C=C2)N1. The smallest absolute Gasteiger partial charge is 0.237 e. The molecule has 0 aromatic heterocycles. The topological polar surface area (TPSA) is 64.4 Å². The molecule has 4 nitrogen and oxygen atoms in total. The molecule has 0 spiro atoms. The molecule has 0 radical (unpaired) electrons. The van der Waals surface area contributed by atoms with E-state index in [1.807, 2.05) is 19.1 Å². The van der Waals surface area contributed by atoms with Crippen LogP contribution in [0, 0.1) is 5.82 Å². The highest BCUT2D eigenvalue weighted by Crippen LogP contribution is 2.29. The summed E-state index contributed by atoms with van der Waals surface area (Å²) < 4.78 is 19.4. The van der Waals surface area contributed by atoms with Crippen LogP contribution in [0.2, 0.25) is 0 Å². The van der Waals surface area contributed by atoms with E-state index in [2.05, 4.69) is 11.4 Å². The second-order valence-electron chi connectivity index (χ2n) is 6.67. The highest BCUT2D eigenvalue weighted by molar-refractivity contribution is 5.84. The number of nitrogens with two attached hydrogens (primary N) is 1. The number of carbonyl (C=O) groups is 1. The van der Waals surface area contributed by atoms with Gasteiger partial charge in [-0.15, -0.1) is 0 Å². The third-order valence-electron chi connectivity index (χ3n) is 4.87. The van der Waals surface area contributed by atoms with Crippen LogP contribution in [0.4, 0.5) is 4.39 Å². The van der Waals surface area contributed by atoms with Gasteiger partial charge in [0.15, 0.2) is 0 Å². The molecule has 2 aliphatic rings. The zero-order valence-corrected chi connectivity index (χ0v) is 13.8. The molecule has 1 heterocycles. The van der Waals surface area contributed by atoms with Crippen molar-refractivity contribution in [3.63, 3.8) is 0 Å². The maximum atomic E-state index is 13.6. The number of hydrogen-bond acceptors (Lipinski definition) is 3. The lowest BCUT2D eigenvalue weighted by molar-refractivity contribution is -0.123. The van der Waals surface area contributed by atoms with Crippen LogP contribution in [0.3, 0.4) is 0 Å². The molecule has 5 heteroatoms. The number of ether oxygens (including phenoxy) is 1. The first-order valence-corrected chi connectivity index (χ1v) is 8.29. The summed E-state index contributed by atoms with van der Waals surface area (Å²) in [4.78, 5) is 11.5. The first-order chi connectivity index (χ1) is 11.5. The first-order valence-electron chi connectivity index (χ1n) is 8.29. The van der Waals surface area contributed by atoms with E-state index in [4.69, 9.17) is 10.5 Å². The summed E-state index contributed by atoms with van der Waals surface area (Å²) in [5.41, 5.74) is 6.56. The highest BCUT2D eigenvalue weighted by Gasteiger charge is 2.40. The molecule has 1 aliphatic heterocycles. The van der Waals surface area contributed by atoms with Crippen molar-refractivity contribution in [2.75, 3.05) is 0 Å². The third kappa shape index (κ3) is 3.57. The Morgan fingerprint density at radius 3 is 2.88 bits per heavy atom. The van der Waals surface area contributed by atoms with Crippen LogP contribution in [0.15, 0.2) is 48.1 Å². The molecule has 1 aromatic rings. The molecule has 1 fully saturated rings. The quantitative estimate of drug-likeness (QED) is 0.872. The molecule has 1 amide bonds. The molecule has 24 heavy (non-hydrogen) atoms. The van der Waals surface area contributed by atoms with Gasteiger partial charge in [-0.3, -0.25) is 10.1 Å². The molecular weight excluding hydrogens is 307 g/mol. The number of amides is 1. The van der Waals surface area contributed by atoms with Crippen molar-refractivity contribution in [3.8, 4) is 0 Å². The Morgan fingerprint density at radius 1 is 1.46 bits per heavy atom. The van der Waals surface area contributed by atoms with E-state index in [9.17, 15) is 9.18 Å². The number of hydrogen-bond donors (Lipinski definition) is 2. The Labute approximate surface area is 141 Å². The summed E-state index contributed by atoms with van der Waals surface area (Å²) in [6.07, 6.45) is 8.46. The van der Waals surface area contributed by atoms with Gasteiger partial charge in [-0.05, 0) is 37.8 Å². The van der Waals surface area contributed by atoms with Crippen LogP contribution in [0.25, 0.3) is 0 Å². The van der Waals surface area contributed by atoms with Gasteiger partial charge in [0.2, 0.25) is 5.91 Å². The molecule has 3 N–H and O–H groups in total. The molecule has 3 atom stereocenters. The number of benzene rings is 1. The zero-order valence-electron chi connectivity index (χ0n) is 13.8. The van der Waals surface area contributed by atoms with Crippen molar-refractivity contribution in [2.24, 2.45) is 5.73 Å². The van der Waals surface area contributed by atoms with Crippen molar-refractivity contribution in [1.82, 2.24) is 5.32 Å². The Balaban J connectivity index is 1.53. The second kappa shape index (κ2) is 6.87. The number of carbonyl (C=O) groups excluding carboxylic acids is 1. The van der Waals surface area contributed by atoms with E-state index in [0.717, 1.165) is 24.8 Å². The van der Waals surface area contributed by atoms with E-state index in [0.29, 0.717) is 5.56 Å². The standard InChI is InChI=1S/C19H23FN2O2/c1-19(18(21)23)11-10-17(22-19)13-6-8-15(9-7-13)24-12-14-4-2-3-5-16(14)20/h2-8,15,17,22H,9-12H2,1H3,(H2,21,23)/t15?,17-,19+/m1/s1. The number of rotatable bonds is 5. The van der Waals surface area contributed by atoms with Gasteiger partial charge in [-0.25, -0.2) is 4.39 Å². The van der Waals surface area contributed by atoms with E-state index in [1.165, 1.54) is 6.07 Å². The molecule has 0 saturated carbocycles. The van der Waals surface area contributed by atoms with Crippen LogP contribution in [-0.4, -0.2) is 23.6 Å². The molecule has 128 valence electrons. The zero-order chi connectivity index (χ0) is 17.2. The fourth-order valence-electron chi connectivity index (χ4n) is 3.22. The normalized spacial score (nSPS) is 29.5. The second-order valence-corrected chi connectivity index (χ2v) is 6.67. The molecular formula is C19H23FN2O2. The van der Waals surface area contributed by atoms with Crippen LogP contribution in [0.5, 0.6) is 0 Å². The molecule has 1 aromatic carbocycles. The summed E-state index contributed by atoms with van der Waals surface area (Å²) in [6, 6.07) is 6.79. The van der Waals surface area contributed by atoms with Crippen molar-refractivity contribution in [3.05, 3.63) is 59.4 Å². The minimum Gasteiger partial charge on any atom is -0.369 e. The van der Waals surface area contributed by atoms with Gasteiger partial charge in [0, 0.05) is 11.6 Å². The molecule has 1 saturated heterocycles. The molecule has 3 rings (SSSR count). The van der Waals surface area contributed by atoms with Crippen molar-refractivity contribution < 1.29 is 13.9 Å². The predicted molar refractivity (Wildman–Crippen MR) is 90.6 cm³/mol. The van der Waals surface area contributed by atoms with Gasteiger partial charge in [-0.2, -0.15) is 0 Å². The lowest BCUT2D eigenvalue weighted by Crippen LogP contribution is -2.51. The van der Waals surface area contributed by atoms with Crippen LogP contribution < -0.4 is 11.1 Å². The lowest BCUT2D eigenvalue weighted by Gasteiger charge is -2.24. The molecule has 1 unspecified atom stereocenters. The third-order valence-corrected chi connectivity index (χ3v) is 4.87. The summed E-state index contributed by atoms with van der Waals surface area (Å²) in [7, 11) is 0. The molecule has 1 aliphatic carbocycles. The van der Waals surface area contributed by atoms with E-state index in [1.54, 1.807) is 18.2 Å². The summed E-state index contributed by atoms with van der Waals surface area (Å²) in [6.45, 7) is 2.11. The van der Waals surface area contributed by atoms with Crippen molar-refractivity contribution >= 4 is 5.91 Å². The Bertz CT molecular complexity index is 686. The lowest BCUT2D eigenvalue weighted by atomic mass is 9.97. The van der Waals surface area contributed by atoms with Gasteiger partial charge >= 0.3 is 0 Å². The van der Waals surface area contributed by atoms with Gasteiger partial charge in [0.25, 0.3) is 0 Å². The average Bonchev–Trinajstić information content (AvgIpc) is 2.99. The number of primary amides is 1. The van der Waals surface area contributed by atoms with Gasteiger partial charge in [0.1, 0.15) is 5.82 Å². The van der Waals surface area contributed by atoms with Gasteiger partial charge in [-0.1, -0.05) is 36.4 Å². The molecule has 0 bridgehead atoms. The Kier molecular flexibility index (Phi) is 4.83. The minimum atomic E-state index is -0.627. The van der Waals surface area contributed by atoms with E-state index >= 15 is 0 Å². The van der Waals surface area contributed by atoms with Gasteiger partial charge in [0.05, 0.1) is 18.2 Å². The maximum absolute atomic E-state index is 13.6. The number of nitrogens with one attached hydrogen (secondary N) is 1. The number of halogens is 1. The largest absolute Gasteiger partial charge is 0.369 e. The predicted octanol–water partition coefficient (Wildman–Crippen LogP) is 2.59. The van der Waals surface area contributed by atoms with Crippen LogP contribution in [0.1, 0.15) is 31.7 Å². The maximum Gasteiger partial charge on any atom is 0.237 e. The van der Waals surface area contributed by atoms with Gasteiger partial charge < -0.3 is 10.5 Å². The van der Waals surface area contributed by atoms with Crippen LogP contribution >= 0.6 is 0 Å². The Hall–Kier alpha value is -1.98. The first kappa shape index (κ1) is 16.9. The van der Waals surface area contributed by atoms with Crippen molar-refractivity contribution in [1.29, 1.82) is 0 Å². The summed E-state index contributed by atoms with van der Waals surface area (Å²) in [5, 5.41) is 3.33. The average molecular weight is 330 g/mol. The van der Waals surface area contributed by atoms with E-state index in [-0.39, 0.29) is 30.5 Å². The Morgan fingerprint density at radius 2 is 2.25 bits per heavy atom. The highest BCUT2D eigenvalue weighted by atomic mass is 19.1. The minimum absolute atomic E-state index is 0.0581. The van der Waals surface area contributed by atoms with Crippen LogP contribution in [-0.2, 0) is 16.1 Å². The summed E-state index contributed by atoms with van der Waals surface area (Å²) in [5.74, 6) is -0.550. The fraction of sp³-hybridized carbons (Fsp3) is 0.421. The summed E-state index contributed by atoms with van der Waals surface area (Å²) >= 11 is 0. The van der Waals surface area contributed by atoms with E-state index < -0.39 is 5.54 Å². The monoisotopic (exact) mass is 330 g/mol.